The van der Waals surface area contributed by atoms with Crippen LogP contribution >= 0.6 is 0 Å². The van der Waals surface area contributed by atoms with Crippen molar-refractivity contribution in [3.63, 3.8) is 0 Å². The first kappa shape index (κ1) is 11.7. The number of hydrogen-bond acceptors (Lipinski definition) is 3. The molecule has 1 fully saturated rings. The second-order valence-corrected chi connectivity index (χ2v) is 3.52. The topological polar surface area (TPSA) is 38.5 Å². The molecule has 0 amide bonds. The van der Waals surface area contributed by atoms with Gasteiger partial charge in [-0.05, 0) is 13.0 Å². The summed E-state index contributed by atoms with van der Waals surface area (Å²) in [6.45, 7) is 1.11. The molecular formula is C8H15F3N2O. The highest BCUT2D eigenvalue weighted by Gasteiger charge is 2.27. The van der Waals surface area contributed by atoms with Crippen LogP contribution < -0.4 is 5.73 Å². The Labute approximate surface area is 81.0 Å². The average molecular weight is 212 g/mol. The van der Waals surface area contributed by atoms with Crippen molar-refractivity contribution in [2.45, 2.75) is 18.6 Å². The summed E-state index contributed by atoms with van der Waals surface area (Å²) in [5.41, 5.74) is 5.64. The normalized spacial score (nSPS) is 24.4. The fourth-order valence-electron chi connectivity index (χ4n) is 1.45. The molecule has 1 saturated heterocycles. The molecule has 0 bridgehead atoms. The summed E-state index contributed by atoms with van der Waals surface area (Å²) in [7, 11) is 0. The third-order valence-corrected chi connectivity index (χ3v) is 2.13. The molecule has 0 aliphatic carbocycles. The van der Waals surface area contributed by atoms with Crippen LogP contribution in [0.25, 0.3) is 0 Å². The number of rotatable bonds is 4. The Bertz CT molecular complexity index is 174. The average Bonchev–Trinajstić information content (AvgIpc) is 2.44. The van der Waals surface area contributed by atoms with Gasteiger partial charge < -0.3 is 10.5 Å². The highest BCUT2D eigenvalue weighted by atomic mass is 19.4. The standard InChI is InChI=1S/C8H15F3N2O/c9-8(10,11)6-14-4-3-13-2-1-7(12)5-13/h7H,1-6,12H2/t7-/m0/s1. The maximum Gasteiger partial charge on any atom is 0.411 e. The van der Waals surface area contributed by atoms with Crippen molar-refractivity contribution in [2.24, 2.45) is 5.73 Å². The van der Waals surface area contributed by atoms with E-state index in [1.165, 1.54) is 0 Å². The quantitative estimate of drug-likeness (QED) is 0.693. The van der Waals surface area contributed by atoms with Crippen molar-refractivity contribution in [1.82, 2.24) is 4.90 Å². The van der Waals surface area contributed by atoms with Crippen molar-refractivity contribution < 1.29 is 17.9 Å². The number of nitrogens with zero attached hydrogens (tertiary/aromatic N) is 1. The van der Waals surface area contributed by atoms with Crippen LogP contribution in [0, 0.1) is 0 Å². The van der Waals surface area contributed by atoms with Crippen LogP contribution in [0.5, 0.6) is 0 Å². The van der Waals surface area contributed by atoms with Crippen LogP contribution in [0.2, 0.25) is 0 Å². The monoisotopic (exact) mass is 212 g/mol. The molecule has 3 nitrogen and oxygen atoms in total. The summed E-state index contributed by atoms with van der Waals surface area (Å²) < 4.78 is 39.5. The van der Waals surface area contributed by atoms with Crippen LogP contribution in [-0.2, 0) is 4.74 Å². The van der Waals surface area contributed by atoms with Gasteiger partial charge in [-0.25, -0.2) is 0 Å². The Morgan fingerprint density at radius 2 is 2.14 bits per heavy atom. The molecular weight excluding hydrogens is 197 g/mol. The largest absolute Gasteiger partial charge is 0.411 e. The first-order chi connectivity index (χ1) is 6.47. The van der Waals surface area contributed by atoms with Gasteiger partial charge >= 0.3 is 6.18 Å². The highest BCUT2D eigenvalue weighted by Crippen LogP contribution is 2.14. The van der Waals surface area contributed by atoms with E-state index in [2.05, 4.69) is 4.74 Å². The molecule has 0 radical (unpaired) electrons. The van der Waals surface area contributed by atoms with Gasteiger partial charge in [0, 0.05) is 19.1 Å². The number of halogens is 3. The zero-order valence-corrected chi connectivity index (χ0v) is 7.89. The lowest BCUT2D eigenvalue weighted by molar-refractivity contribution is -0.174. The molecule has 0 aromatic heterocycles. The van der Waals surface area contributed by atoms with E-state index < -0.39 is 12.8 Å². The molecule has 1 heterocycles. The molecule has 84 valence electrons. The van der Waals surface area contributed by atoms with E-state index in [1.54, 1.807) is 0 Å². The van der Waals surface area contributed by atoms with Crippen LogP contribution in [0.3, 0.4) is 0 Å². The fourth-order valence-corrected chi connectivity index (χ4v) is 1.45. The molecule has 1 aliphatic heterocycles. The lowest BCUT2D eigenvalue weighted by Gasteiger charge is -2.15. The van der Waals surface area contributed by atoms with Crippen molar-refractivity contribution in [3.05, 3.63) is 0 Å². The molecule has 1 aliphatic rings. The lowest BCUT2D eigenvalue weighted by atomic mass is 10.3. The van der Waals surface area contributed by atoms with Crippen LogP contribution in [0.15, 0.2) is 0 Å². The number of likely N-dealkylation sites (tertiary alicyclic amines) is 1. The Hall–Kier alpha value is -0.330. The van der Waals surface area contributed by atoms with Gasteiger partial charge in [-0.3, -0.25) is 4.90 Å². The summed E-state index contributed by atoms with van der Waals surface area (Å²) in [6, 6.07) is 0.164. The zero-order chi connectivity index (χ0) is 10.6. The van der Waals surface area contributed by atoms with E-state index in [9.17, 15) is 13.2 Å². The van der Waals surface area contributed by atoms with E-state index in [-0.39, 0.29) is 12.6 Å². The number of alkyl halides is 3. The molecule has 1 rings (SSSR count). The van der Waals surface area contributed by atoms with Crippen LogP contribution in [-0.4, -0.2) is 50.0 Å². The second-order valence-electron chi connectivity index (χ2n) is 3.52. The molecule has 14 heavy (non-hydrogen) atoms. The number of ether oxygens (including phenoxy) is 1. The summed E-state index contributed by atoms with van der Waals surface area (Å²) >= 11 is 0. The van der Waals surface area contributed by atoms with Crippen LogP contribution in [0.4, 0.5) is 13.2 Å². The first-order valence-electron chi connectivity index (χ1n) is 4.60. The minimum atomic E-state index is -4.22. The third kappa shape index (κ3) is 4.78. The number of nitrogens with two attached hydrogens (primary N) is 1. The maximum atomic E-state index is 11.7. The highest BCUT2D eigenvalue weighted by molar-refractivity contribution is 4.77. The molecule has 2 N–H and O–H groups in total. The molecule has 0 unspecified atom stereocenters. The Kier molecular flexibility index (Phi) is 4.15. The van der Waals surface area contributed by atoms with Gasteiger partial charge in [0.05, 0.1) is 6.61 Å². The van der Waals surface area contributed by atoms with Gasteiger partial charge in [0.1, 0.15) is 6.61 Å². The van der Waals surface area contributed by atoms with Crippen molar-refractivity contribution in [2.75, 3.05) is 32.8 Å². The molecule has 6 heteroatoms. The molecule has 0 aromatic carbocycles. The maximum absolute atomic E-state index is 11.7. The summed E-state index contributed by atoms with van der Waals surface area (Å²) in [5, 5.41) is 0. The lowest BCUT2D eigenvalue weighted by Crippen LogP contribution is -2.30. The zero-order valence-electron chi connectivity index (χ0n) is 7.89. The fraction of sp³-hybridized carbons (Fsp3) is 1.00. The van der Waals surface area contributed by atoms with Crippen LogP contribution in [0.1, 0.15) is 6.42 Å². The minimum absolute atomic E-state index is 0.117. The molecule has 0 aromatic rings. The predicted octanol–water partition coefficient (Wildman–Crippen LogP) is 0.598. The van der Waals surface area contributed by atoms with Gasteiger partial charge in [0.2, 0.25) is 0 Å². The van der Waals surface area contributed by atoms with E-state index in [1.807, 2.05) is 4.90 Å². The molecule has 1 atom stereocenters. The summed E-state index contributed by atoms with van der Waals surface area (Å²) in [6.07, 6.45) is -3.30. The number of hydrogen-bond donors (Lipinski definition) is 1. The van der Waals surface area contributed by atoms with E-state index >= 15 is 0 Å². The molecule has 0 saturated carbocycles. The van der Waals surface area contributed by atoms with Crippen molar-refractivity contribution in [3.8, 4) is 0 Å². The Balaban J connectivity index is 1.99. The third-order valence-electron chi connectivity index (χ3n) is 2.13. The summed E-state index contributed by atoms with van der Waals surface area (Å²) in [5.74, 6) is 0. The summed E-state index contributed by atoms with van der Waals surface area (Å²) in [4.78, 5) is 2.01. The van der Waals surface area contributed by atoms with Gasteiger partial charge in [0.25, 0.3) is 0 Å². The first-order valence-corrected chi connectivity index (χ1v) is 4.60. The smallest absolute Gasteiger partial charge is 0.371 e. The predicted molar refractivity (Wildman–Crippen MR) is 45.9 cm³/mol. The minimum Gasteiger partial charge on any atom is -0.371 e. The van der Waals surface area contributed by atoms with E-state index in [0.717, 1.165) is 19.5 Å². The SMILES string of the molecule is N[C@H]1CCN(CCOCC(F)(F)F)C1. The van der Waals surface area contributed by atoms with Gasteiger partial charge in [0.15, 0.2) is 0 Å². The Morgan fingerprint density at radius 3 is 2.64 bits per heavy atom. The van der Waals surface area contributed by atoms with E-state index in [4.69, 9.17) is 5.73 Å². The second kappa shape index (κ2) is 4.95. The van der Waals surface area contributed by atoms with Gasteiger partial charge in [-0.15, -0.1) is 0 Å². The van der Waals surface area contributed by atoms with Crippen molar-refractivity contribution >= 4 is 0 Å². The van der Waals surface area contributed by atoms with E-state index in [0.29, 0.717) is 6.54 Å². The van der Waals surface area contributed by atoms with Gasteiger partial charge in [-0.2, -0.15) is 13.2 Å². The molecule has 0 spiro atoms. The van der Waals surface area contributed by atoms with Gasteiger partial charge in [-0.1, -0.05) is 0 Å². The Morgan fingerprint density at radius 1 is 1.43 bits per heavy atom. The van der Waals surface area contributed by atoms with Crippen molar-refractivity contribution in [1.29, 1.82) is 0 Å².